The number of benzene rings is 2. The fourth-order valence-corrected chi connectivity index (χ4v) is 3.30. The fourth-order valence-electron chi connectivity index (χ4n) is 2.92. The van der Waals surface area contributed by atoms with E-state index in [1.807, 2.05) is 35.0 Å². The second-order valence-electron chi connectivity index (χ2n) is 6.24. The first kappa shape index (κ1) is 19.3. The van der Waals surface area contributed by atoms with Gasteiger partial charge in [-0.15, -0.1) is 0 Å². The number of imidazole rings is 1. The van der Waals surface area contributed by atoms with E-state index in [2.05, 4.69) is 19.1 Å². The lowest BCUT2D eigenvalue weighted by atomic mass is 10.1. The molecule has 0 amide bonds. The Kier molecular flexibility index (Phi) is 4.78. The molecule has 4 rings (SSSR count). The average Bonchev–Trinajstić information content (AvgIpc) is 3.16. The zero-order valence-corrected chi connectivity index (χ0v) is 16.5. The number of nitrogens with two attached hydrogens (primary N) is 1. The highest BCUT2D eigenvalue weighted by Crippen LogP contribution is 2.26. The van der Waals surface area contributed by atoms with Crippen LogP contribution in [0.2, 0.25) is 0 Å². The molecule has 0 radical (unpaired) electrons. The summed E-state index contributed by atoms with van der Waals surface area (Å²) in [4.78, 5) is 13.2. The van der Waals surface area contributed by atoms with Crippen LogP contribution < -0.4 is 14.3 Å². The standard InChI is InChI=1S/C19H15N7O3S/c1-25(26-12-23-15-4-2-3-5-17(15)26)18-11-22-16(10-20)19(24-18)13-6-8-14(9-7-13)29-30(21,27)28/h2-9,11-12H,1H3,(H2,21,27,28). The fraction of sp³-hybridized carbons (Fsp3) is 0.0526. The second kappa shape index (κ2) is 7.43. The molecule has 0 saturated heterocycles. The van der Waals surface area contributed by atoms with Crippen LogP contribution >= 0.6 is 0 Å². The summed E-state index contributed by atoms with van der Waals surface area (Å²) in [7, 11) is -2.32. The van der Waals surface area contributed by atoms with Gasteiger partial charge in [0.2, 0.25) is 0 Å². The van der Waals surface area contributed by atoms with Crippen LogP contribution in [0.3, 0.4) is 0 Å². The van der Waals surface area contributed by atoms with Crippen molar-refractivity contribution in [2.75, 3.05) is 12.1 Å². The highest BCUT2D eigenvalue weighted by atomic mass is 32.2. The first-order chi connectivity index (χ1) is 14.4. The van der Waals surface area contributed by atoms with E-state index in [0.29, 0.717) is 17.1 Å². The number of para-hydroxylation sites is 2. The highest BCUT2D eigenvalue weighted by Gasteiger charge is 2.15. The molecule has 2 aromatic carbocycles. The number of fused-ring (bicyclic) bond motifs is 1. The van der Waals surface area contributed by atoms with Gasteiger partial charge in [-0.05, 0) is 36.4 Å². The molecule has 10 nitrogen and oxygen atoms in total. The van der Waals surface area contributed by atoms with Crippen molar-refractivity contribution in [3.05, 3.63) is 66.7 Å². The van der Waals surface area contributed by atoms with Crippen LogP contribution in [0.5, 0.6) is 5.75 Å². The van der Waals surface area contributed by atoms with Crippen molar-refractivity contribution in [3.8, 4) is 23.1 Å². The van der Waals surface area contributed by atoms with Gasteiger partial charge in [0.25, 0.3) is 0 Å². The molecule has 11 heteroatoms. The summed E-state index contributed by atoms with van der Waals surface area (Å²) in [6.07, 6.45) is 3.17. The maximum Gasteiger partial charge on any atom is 0.380 e. The summed E-state index contributed by atoms with van der Waals surface area (Å²) in [5, 5.41) is 16.1. The van der Waals surface area contributed by atoms with E-state index < -0.39 is 10.3 Å². The predicted octanol–water partition coefficient (Wildman–Crippen LogP) is 1.85. The van der Waals surface area contributed by atoms with Crippen molar-refractivity contribution in [1.29, 1.82) is 5.26 Å². The average molecular weight is 421 g/mol. The molecule has 0 aliphatic heterocycles. The zero-order chi connectivity index (χ0) is 21.3. The molecule has 0 aliphatic carbocycles. The third-order valence-corrected chi connectivity index (χ3v) is 4.72. The van der Waals surface area contributed by atoms with Crippen LogP contribution in [0, 0.1) is 11.3 Å². The largest absolute Gasteiger partial charge is 0.380 e. The molecule has 0 unspecified atom stereocenters. The number of nitrogens with zero attached hydrogens (tertiary/aromatic N) is 6. The van der Waals surface area contributed by atoms with Crippen LogP contribution in [-0.4, -0.2) is 35.1 Å². The number of aromatic nitrogens is 4. The SMILES string of the molecule is CN(c1cnc(C#N)c(-c2ccc(OS(N)(=O)=O)cc2)n1)n1cnc2ccccc21. The smallest absolute Gasteiger partial charge is 0.371 e. The quantitative estimate of drug-likeness (QED) is 0.515. The highest BCUT2D eigenvalue weighted by molar-refractivity contribution is 7.84. The van der Waals surface area contributed by atoms with E-state index in [1.165, 1.54) is 18.3 Å². The van der Waals surface area contributed by atoms with E-state index in [9.17, 15) is 13.7 Å². The van der Waals surface area contributed by atoms with Gasteiger partial charge in [-0.25, -0.2) is 19.6 Å². The van der Waals surface area contributed by atoms with Crippen LogP contribution in [0.25, 0.3) is 22.3 Å². The van der Waals surface area contributed by atoms with Crippen LogP contribution in [0.15, 0.2) is 61.1 Å². The van der Waals surface area contributed by atoms with Crippen LogP contribution in [-0.2, 0) is 10.3 Å². The molecule has 0 bridgehead atoms. The maximum absolute atomic E-state index is 11.1. The van der Waals surface area contributed by atoms with E-state index in [4.69, 9.17) is 5.14 Å². The van der Waals surface area contributed by atoms with E-state index >= 15 is 0 Å². The summed E-state index contributed by atoms with van der Waals surface area (Å²) >= 11 is 0. The number of hydrogen-bond donors (Lipinski definition) is 1. The van der Waals surface area contributed by atoms with Crippen molar-refractivity contribution in [3.63, 3.8) is 0 Å². The first-order valence-electron chi connectivity index (χ1n) is 8.61. The first-order valence-corrected chi connectivity index (χ1v) is 10.1. The van der Waals surface area contributed by atoms with Gasteiger partial charge in [0, 0.05) is 12.6 Å². The van der Waals surface area contributed by atoms with Gasteiger partial charge in [0.1, 0.15) is 23.8 Å². The topological polar surface area (TPSA) is 140 Å². The minimum atomic E-state index is -4.12. The van der Waals surface area contributed by atoms with Crippen LogP contribution in [0.4, 0.5) is 5.82 Å². The third kappa shape index (κ3) is 3.77. The van der Waals surface area contributed by atoms with E-state index in [1.54, 1.807) is 30.5 Å². The summed E-state index contributed by atoms with van der Waals surface area (Å²) < 4.78 is 28.6. The Morgan fingerprint density at radius 3 is 2.57 bits per heavy atom. The summed E-state index contributed by atoms with van der Waals surface area (Å²) in [6, 6.07) is 15.7. The summed E-state index contributed by atoms with van der Waals surface area (Å²) in [5.74, 6) is 0.530. The van der Waals surface area contributed by atoms with Gasteiger partial charge in [-0.1, -0.05) is 12.1 Å². The molecule has 30 heavy (non-hydrogen) atoms. The van der Waals surface area contributed by atoms with Gasteiger partial charge >= 0.3 is 10.3 Å². The molecule has 150 valence electrons. The van der Waals surface area contributed by atoms with Crippen molar-refractivity contribution < 1.29 is 12.6 Å². The lowest BCUT2D eigenvalue weighted by molar-refractivity contribution is 0.488. The normalized spacial score (nSPS) is 11.2. The maximum atomic E-state index is 11.1. The molecule has 2 N–H and O–H groups in total. The number of rotatable bonds is 5. The molecule has 0 spiro atoms. The van der Waals surface area contributed by atoms with E-state index in [-0.39, 0.29) is 11.4 Å². The Hall–Kier alpha value is -4.01. The number of anilines is 1. The molecule has 2 heterocycles. The van der Waals surface area contributed by atoms with Crippen LogP contribution in [0.1, 0.15) is 5.69 Å². The van der Waals surface area contributed by atoms with Crippen molar-refractivity contribution >= 4 is 27.2 Å². The zero-order valence-electron chi connectivity index (χ0n) is 15.7. The van der Waals surface area contributed by atoms with Gasteiger partial charge in [0.15, 0.2) is 11.5 Å². The number of nitriles is 1. The molecule has 4 aromatic rings. The molecule has 0 aliphatic rings. The van der Waals surface area contributed by atoms with E-state index in [0.717, 1.165) is 11.0 Å². The van der Waals surface area contributed by atoms with Crippen molar-refractivity contribution in [2.24, 2.45) is 5.14 Å². The summed E-state index contributed by atoms with van der Waals surface area (Å²) in [5.41, 5.74) is 2.75. The monoisotopic (exact) mass is 421 g/mol. The molecular formula is C19H15N7O3S. The van der Waals surface area contributed by atoms with Gasteiger partial charge in [-0.2, -0.15) is 18.8 Å². The lowest BCUT2D eigenvalue weighted by Crippen LogP contribution is -2.25. The van der Waals surface area contributed by atoms with Gasteiger partial charge in [-0.3, -0.25) is 5.01 Å². The molecule has 0 atom stereocenters. The Labute approximate surface area is 172 Å². The number of hydrogen-bond acceptors (Lipinski definition) is 8. The van der Waals surface area contributed by atoms with Gasteiger partial charge in [0.05, 0.1) is 17.2 Å². The lowest BCUT2D eigenvalue weighted by Gasteiger charge is -2.20. The minimum absolute atomic E-state index is 0.0471. The second-order valence-corrected chi connectivity index (χ2v) is 7.39. The van der Waals surface area contributed by atoms with Crippen molar-refractivity contribution in [2.45, 2.75) is 0 Å². The molecule has 2 aromatic heterocycles. The Morgan fingerprint density at radius 1 is 1.13 bits per heavy atom. The minimum Gasteiger partial charge on any atom is -0.371 e. The Balaban J connectivity index is 1.73. The summed E-state index contributed by atoms with van der Waals surface area (Å²) in [6.45, 7) is 0. The van der Waals surface area contributed by atoms with Gasteiger partial charge < -0.3 is 4.18 Å². The Bertz CT molecular complexity index is 1380. The molecule has 0 fully saturated rings. The third-order valence-electron chi connectivity index (χ3n) is 4.30. The molecule has 0 saturated carbocycles. The Morgan fingerprint density at radius 2 is 1.87 bits per heavy atom. The molecular weight excluding hydrogens is 406 g/mol. The van der Waals surface area contributed by atoms with Crippen molar-refractivity contribution in [1.82, 2.24) is 19.6 Å². The predicted molar refractivity (Wildman–Crippen MR) is 109 cm³/mol.